The summed E-state index contributed by atoms with van der Waals surface area (Å²) in [6.07, 6.45) is 0. The highest BCUT2D eigenvalue weighted by molar-refractivity contribution is 7.86. The van der Waals surface area contributed by atoms with Crippen LogP contribution in [0.5, 0.6) is 5.75 Å². The van der Waals surface area contributed by atoms with Gasteiger partial charge in [0.1, 0.15) is 5.75 Å². The zero-order valence-electron chi connectivity index (χ0n) is 12.3. The Kier molecular flexibility index (Phi) is 5.72. The zero-order chi connectivity index (χ0) is 15.9. The Labute approximate surface area is 132 Å². The van der Waals surface area contributed by atoms with Crippen LogP contribution in [-0.2, 0) is 15.6 Å². The van der Waals surface area contributed by atoms with Crippen LogP contribution in [0.2, 0.25) is 0 Å². The first kappa shape index (κ1) is 16.2. The lowest BCUT2D eigenvalue weighted by molar-refractivity contribution is -0.136. The van der Waals surface area contributed by atoms with Crippen molar-refractivity contribution < 1.29 is 18.8 Å². The molecule has 2 unspecified atom stereocenters. The lowest BCUT2D eigenvalue weighted by atomic mass is 10.1. The summed E-state index contributed by atoms with van der Waals surface area (Å²) in [5, 5.41) is 8.28. The summed E-state index contributed by atoms with van der Waals surface area (Å²) in [6.45, 7) is 2.20. The SMILES string of the molecule is Cc1ccc(OCCS(=O)C(C(=O)O)c2ccccc2)cc1. The van der Waals surface area contributed by atoms with E-state index in [4.69, 9.17) is 4.74 Å². The minimum absolute atomic E-state index is 0.166. The molecule has 0 saturated carbocycles. The fourth-order valence-corrected chi connectivity index (χ4v) is 3.20. The third-order valence-corrected chi connectivity index (χ3v) is 4.73. The zero-order valence-corrected chi connectivity index (χ0v) is 13.1. The van der Waals surface area contributed by atoms with Crippen molar-refractivity contribution in [2.75, 3.05) is 12.4 Å². The fourth-order valence-electron chi connectivity index (χ4n) is 2.03. The van der Waals surface area contributed by atoms with E-state index < -0.39 is 22.0 Å². The van der Waals surface area contributed by atoms with E-state index in [1.807, 2.05) is 31.2 Å². The number of hydrogen-bond acceptors (Lipinski definition) is 3. The number of aryl methyl sites for hydroxylation is 1. The van der Waals surface area contributed by atoms with Crippen molar-refractivity contribution in [2.45, 2.75) is 12.2 Å². The highest BCUT2D eigenvalue weighted by atomic mass is 32.2. The van der Waals surface area contributed by atoms with Gasteiger partial charge in [-0.15, -0.1) is 0 Å². The van der Waals surface area contributed by atoms with Gasteiger partial charge >= 0.3 is 5.97 Å². The summed E-state index contributed by atoms with van der Waals surface area (Å²) in [6, 6.07) is 16.2. The van der Waals surface area contributed by atoms with E-state index in [2.05, 4.69) is 0 Å². The van der Waals surface area contributed by atoms with Gasteiger partial charge in [0.15, 0.2) is 5.25 Å². The molecule has 0 aliphatic carbocycles. The molecular formula is C17H18O4S. The Balaban J connectivity index is 1.94. The van der Waals surface area contributed by atoms with Crippen molar-refractivity contribution in [3.05, 3.63) is 65.7 Å². The van der Waals surface area contributed by atoms with Crippen LogP contribution in [0.4, 0.5) is 0 Å². The number of carboxylic acids is 1. The van der Waals surface area contributed by atoms with E-state index in [0.29, 0.717) is 11.3 Å². The molecule has 4 nitrogen and oxygen atoms in total. The molecule has 2 aromatic rings. The molecule has 0 spiro atoms. The average molecular weight is 318 g/mol. The van der Waals surface area contributed by atoms with Crippen LogP contribution in [0.25, 0.3) is 0 Å². The molecule has 5 heteroatoms. The Morgan fingerprint density at radius 2 is 1.77 bits per heavy atom. The van der Waals surface area contributed by atoms with Crippen molar-refractivity contribution in [1.29, 1.82) is 0 Å². The molecule has 0 aromatic heterocycles. The van der Waals surface area contributed by atoms with Gasteiger partial charge in [-0.25, -0.2) is 0 Å². The van der Waals surface area contributed by atoms with Crippen LogP contribution >= 0.6 is 0 Å². The van der Waals surface area contributed by atoms with Crippen molar-refractivity contribution in [3.8, 4) is 5.75 Å². The molecule has 0 fully saturated rings. The summed E-state index contributed by atoms with van der Waals surface area (Å²) in [7, 11) is -1.54. The van der Waals surface area contributed by atoms with Gasteiger partial charge in [-0.2, -0.15) is 0 Å². The predicted octanol–water partition coefficient (Wildman–Crippen LogP) is 2.95. The summed E-state index contributed by atoms with van der Waals surface area (Å²) < 4.78 is 17.8. The van der Waals surface area contributed by atoms with Crippen LogP contribution in [0.15, 0.2) is 54.6 Å². The monoisotopic (exact) mass is 318 g/mol. The minimum Gasteiger partial charge on any atom is -0.493 e. The van der Waals surface area contributed by atoms with Crippen LogP contribution < -0.4 is 4.74 Å². The molecule has 2 aromatic carbocycles. The number of ether oxygens (including phenoxy) is 1. The van der Waals surface area contributed by atoms with Gasteiger partial charge in [0.2, 0.25) is 0 Å². The van der Waals surface area contributed by atoms with Gasteiger partial charge in [-0.3, -0.25) is 9.00 Å². The molecule has 0 aliphatic heterocycles. The van der Waals surface area contributed by atoms with Gasteiger partial charge < -0.3 is 9.84 Å². The number of carboxylic acid groups (broad SMARTS) is 1. The average Bonchev–Trinajstić information content (AvgIpc) is 2.50. The minimum atomic E-state index is -1.54. The molecule has 22 heavy (non-hydrogen) atoms. The number of hydrogen-bond donors (Lipinski definition) is 1. The second-order valence-corrected chi connectivity index (χ2v) is 6.52. The topological polar surface area (TPSA) is 63.6 Å². The van der Waals surface area contributed by atoms with Gasteiger partial charge in [0.25, 0.3) is 0 Å². The van der Waals surface area contributed by atoms with Crippen molar-refractivity contribution in [2.24, 2.45) is 0 Å². The number of aliphatic carboxylic acids is 1. The second-order valence-electron chi connectivity index (χ2n) is 4.88. The first-order valence-electron chi connectivity index (χ1n) is 6.92. The maximum atomic E-state index is 12.3. The Morgan fingerprint density at radius 1 is 1.14 bits per heavy atom. The molecule has 0 heterocycles. The normalized spacial score (nSPS) is 13.3. The van der Waals surface area contributed by atoms with Crippen molar-refractivity contribution in [1.82, 2.24) is 0 Å². The van der Waals surface area contributed by atoms with Crippen LogP contribution in [0, 0.1) is 6.92 Å². The molecule has 2 atom stereocenters. The van der Waals surface area contributed by atoms with Gasteiger partial charge in [0, 0.05) is 10.8 Å². The van der Waals surface area contributed by atoms with Gasteiger partial charge in [0.05, 0.1) is 12.4 Å². The number of benzene rings is 2. The maximum absolute atomic E-state index is 12.3. The first-order chi connectivity index (χ1) is 10.6. The van der Waals surface area contributed by atoms with E-state index in [1.54, 1.807) is 30.3 Å². The first-order valence-corrected chi connectivity index (χ1v) is 8.30. The highest BCUT2D eigenvalue weighted by Crippen LogP contribution is 2.20. The molecule has 0 aliphatic rings. The van der Waals surface area contributed by atoms with Crippen LogP contribution in [0.3, 0.4) is 0 Å². The third-order valence-electron chi connectivity index (χ3n) is 3.16. The second kappa shape index (κ2) is 7.75. The number of carbonyl (C=O) groups is 1. The summed E-state index contributed by atoms with van der Waals surface area (Å²) >= 11 is 0. The molecule has 0 bridgehead atoms. The maximum Gasteiger partial charge on any atom is 0.323 e. The van der Waals surface area contributed by atoms with Crippen molar-refractivity contribution >= 4 is 16.8 Å². The quantitative estimate of drug-likeness (QED) is 0.852. The van der Waals surface area contributed by atoms with E-state index in [0.717, 1.165) is 5.56 Å². The van der Waals surface area contributed by atoms with Crippen LogP contribution in [0.1, 0.15) is 16.4 Å². The van der Waals surface area contributed by atoms with E-state index >= 15 is 0 Å². The summed E-state index contributed by atoms with van der Waals surface area (Å²) in [5.41, 5.74) is 1.68. The van der Waals surface area contributed by atoms with Gasteiger partial charge in [-0.05, 0) is 24.6 Å². The molecular weight excluding hydrogens is 300 g/mol. The molecule has 2 rings (SSSR count). The summed E-state index contributed by atoms with van der Waals surface area (Å²) in [4.78, 5) is 11.4. The summed E-state index contributed by atoms with van der Waals surface area (Å²) in [5.74, 6) is -0.228. The van der Waals surface area contributed by atoms with E-state index in [1.165, 1.54) is 0 Å². The Bertz CT molecular complexity index is 637. The Morgan fingerprint density at radius 3 is 2.36 bits per heavy atom. The molecule has 116 valence electrons. The van der Waals surface area contributed by atoms with E-state index in [9.17, 15) is 14.1 Å². The lowest BCUT2D eigenvalue weighted by Crippen LogP contribution is -2.21. The van der Waals surface area contributed by atoms with Gasteiger partial charge in [-0.1, -0.05) is 48.0 Å². The standard InChI is InChI=1S/C17H18O4S/c1-13-7-9-15(10-8-13)21-11-12-22(20)16(17(18)19)14-5-3-2-4-6-14/h2-10,16H,11-12H2,1H3,(H,18,19). The molecule has 0 amide bonds. The number of rotatable bonds is 7. The highest BCUT2D eigenvalue weighted by Gasteiger charge is 2.26. The largest absolute Gasteiger partial charge is 0.493 e. The smallest absolute Gasteiger partial charge is 0.323 e. The molecule has 1 N–H and O–H groups in total. The molecule has 0 saturated heterocycles. The molecule has 0 radical (unpaired) electrons. The Hall–Kier alpha value is -2.14. The van der Waals surface area contributed by atoms with Crippen LogP contribution in [-0.4, -0.2) is 27.6 Å². The fraction of sp³-hybridized carbons (Fsp3) is 0.235. The van der Waals surface area contributed by atoms with E-state index in [-0.39, 0.29) is 12.4 Å². The lowest BCUT2D eigenvalue weighted by Gasteiger charge is -2.13. The van der Waals surface area contributed by atoms with Crippen molar-refractivity contribution in [3.63, 3.8) is 0 Å². The predicted molar refractivity (Wildman–Crippen MR) is 86.5 cm³/mol. The third kappa shape index (κ3) is 4.43.